The molecular weight excluding hydrogens is 392 g/mol. The summed E-state index contributed by atoms with van der Waals surface area (Å²) < 4.78 is 0. The molecule has 0 radical (unpaired) electrons. The molecule has 1 N–H and O–H groups in total. The van der Waals surface area contributed by atoms with Crippen LogP contribution in [0.2, 0.25) is 0 Å². The number of hydrogen-bond donors (Lipinski definition) is 1. The highest BCUT2D eigenvalue weighted by molar-refractivity contribution is 5.87. The van der Waals surface area contributed by atoms with Gasteiger partial charge in [-0.15, -0.1) is 12.8 Å². The zero-order valence-electron chi connectivity index (χ0n) is 19.6. The van der Waals surface area contributed by atoms with Crippen LogP contribution in [0.5, 0.6) is 0 Å². The molecule has 0 unspecified atom stereocenters. The van der Waals surface area contributed by atoms with Gasteiger partial charge in [0.2, 0.25) is 0 Å². The third kappa shape index (κ3) is 5.99. The van der Waals surface area contributed by atoms with Crippen molar-refractivity contribution < 1.29 is 9.90 Å². The van der Waals surface area contributed by atoms with E-state index >= 15 is 0 Å². The molecule has 0 spiro atoms. The van der Waals surface area contributed by atoms with Gasteiger partial charge in [0.05, 0.1) is 5.56 Å². The van der Waals surface area contributed by atoms with Crippen LogP contribution in [0.3, 0.4) is 0 Å². The molecule has 3 aromatic rings. The largest absolute Gasteiger partial charge is 0.478 e. The number of fused-ring (bicyclic) bond motifs is 1. The van der Waals surface area contributed by atoms with E-state index in [4.69, 9.17) is 5.11 Å². The summed E-state index contributed by atoms with van der Waals surface area (Å²) in [7, 11) is 0. The second-order valence-corrected chi connectivity index (χ2v) is 8.79. The maximum atomic E-state index is 10.3. The monoisotopic (exact) mass is 424 g/mol. The van der Waals surface area contributed by atoms with Crippen molar-refractivity contribution in [2.45, 2.75) is 46.5 Å². The predicted octanol–water partition coefficient (Wildman–Crippen LogP) is 7.36. The fourth-order valence-electron chi connectivity index (χ4n) is 3.75. The standard InChI is InChI=1S/C20H22.C8H8O2.C2H2/c1-14-5-8-16(9-6-14)17-11-12-20(3,4)19-10-7-15(2)13-18(17)19;1-6-2-4-7(5-3-6)8(9)10;1-2/h5-11,13H,12H2,1-4H3;2-5H,1H3,(H,9,10);1-2H. The maximum absolute atomic E-state index is 10.3. The van der Waals surface area contributed by atoms with E-state index in [1.807, 2.05) is 6.92 Å². The Morgan fingerprint density at radius 2 is 1.31 bits per heavy atom. The van der Waals surface area contributed by atoms with E-state index in [1.165, 1.54) is 33.4 Å². The first-order valence-electron chi connectivity index (χ1n) is 10.7. The van der Waals surface area contributed by atoms with Crippen LogP contribution in [-0.4, -0.2) is 11.1 Å². The number of terminal acetylenes is 1. The summed E-state index contributed by atoms with van der Waals surface area (Å²) in [6.45, 7) is 10.9. The lowest BCUT2D eigenvalue weighted by Gasteiger charge is -2.32. The Bertz CT molecular complexity index is 1110. The summed E-state index contributed by atoms with van der Waals surface area (Å²) in [6, 6.07) is 22.5. The van der Waals surface area contributed by atoms with E-state index in [1.54, 1.807) is 24.3 Å². The number of benzene rings is 3. The van der Waals surface area contributed by atoms with Crippen molar-refractivity contribution in [2.75, 3.05) is 0 Å². The van der Waals surface area contributed by atoms with Crippen LogP contribution in [0, 0.1) is 33.6 Å². The van der Waals surface area contributed by atoms with E-state index in [2.05, 4.69) is 89.1 Å². The molecule has 0 atom stereocenters. The topological polar surface area (TPSA) is 37.3 Å². The Balaban J connectivity index is 0.000000255. The van der Waals surface area contributed by atoms with Gasteiger partial charge in [-0.1, -0.05) is 91.2 Å². The second-order valence-electron chi connectivity index (χ2n) is 8.79. The Kier molecular flexibility index (Phi) is 8.21. The van der Waals surface area contributed by atoms with Gasteiger partial charge in [0.15, 0.2) is 0 Å². The van der Waals surface area contributed by atoms with Crippen molar-refractivity contribution in [1.29, 1.82) is 0 Å². The van der Waals surface area contributed by atoms with Gasteiger partial charge in [-0.3, -0.25) is 0 Å². The molecule has 0 bridgehead atoms. The zero-order valence-corrected chi connectivity index (χ0v) is 19.6. The van der Waals surface area contributed by atoms with Gasteiger partial charge < -0.3 is 5.11 Å². The smallest absolute Gasteiger partial charge is 0.335 e. The summed E-state index contributed by atoms with van der Waals surface area (Å²) in [5.41, 5.74) is 9.90. The van der Waals surface area contributed by atoms with Crippen LogP contribution in [0.25, 0.3) is 5.57 Å². The van der Waals surface area contributed by atoms with Crippen molar-refractivity contribution in [1.82, 2.24) is 0 Å². The summed E-state index contributed by atoms with van der Waals surface area (Å²) in [5.74, 6) is -0.875. The molecule has 2 heteroatoms. The van der Waals surface area contributed by atoms with E-state index < -0.39 is 5.97 Å². The van der Waals surface area contributed by atoms with Gasteiger partial charge in [0, 0.05) is 0 Å². The molecule has 4 rings (SSSR count). The Morgan fingerprint density at radius 3 is 1.84 bits per heavy atom. The molecule has 0 aliphatic heterocycles. The normalized spacial score (nSPS) is 13.3. The van der Waals surface area contributed by atoms with Crippen LogP contribution in [0.4, 0.5) is 0 Å². The van der Waals surface area contributed by atoms with Gasteiger partial charge in [-0.05, 0) is 67.0 Å². The van der Waals surface area contributed by atoms with E-state index in [9.17, 15) is 4.79 Å². The highest BCUT2D eigenvalue weighted by atomic mass is 16.4. The number of allylic oxidation sites excluding steroid dienone is 1. The summed E-state index contributed by atoms with van der Waals surface area (Å²) in [4.78, 5) is 10.3. The van der Waals surface area contributed by atoms with Crippen LogP contribution in [-0.2, 0) is 5.41 Å². The van der Waals surface area contributed by atoms with Gasteiger partial charge in [0.1, 0.15) is 0 Å². The number of hydrogen-bond acceptors (Lipinski definition) is 1. The minimum Gasteiger partial charge on any atom is -0.478 e. The zero-order chi connectivity index (χ0) is 23.9. The lowest BCUT2D eigenvalue weighted by Crippen LogP contribution is -2.21. The van der Waals surface area contributed by atoms with Gasteiger partial charge in [-0.2, -0.15) is 0 Å². The van der Waals surface area contributed by atoms with Crippen molar-refractivity contribution in [3.63, 3.8) is 0 Å². The molecule has 3 aromatic carbocycles. The molecule has 0 aromatic heterocycles. The molecule has 0 heterocycles. The third-order valence-electron chi connectivity index (χ3n) is 5.67. The number of carboxylic acids is 1. The maximum Gasteiger partial charge on any atom is 0.335 e. The minimum absolute atomic E-state index is 0.233. The molecule has 0 saturated heterocycles. The van der Waals surface area contributed by atoms with E-state index in [-0.39, 0.29) is 5.41 Å². The van der Waals surface area contributed by atoms with Crippen LogP contribution in [0.15, 0.2) is 72.8 Å². The Labute approximate surface area is 192 Å². The number of aromatic carboxylic acids is 1. The Hall–Kier alpha value is -3.57. The second kappa shape index (κ2) is 10.6. The average Bonchev–Trinajstić information content (AvgIpc) is 2.77. The molecular formula is C30H32O2. The van der Waals surface area contributed by atoms with Crippen LogP contribution >= 0.6 is 0 Å². The van der Waals surface area contributed by atoms with Crippen molar-refractivity contribution >= 4 is 11.5 Å². The molecule has 164 valence electrons. The summed E-state index contributed by atoms with van der Waals surface area (Å²) in [6.07, 6.45) is 11.5. The summed E-state index contributed by atoms with van der Waals surface area (Å²) >= 11 is 0. The van der Waals surface area contributed by atoms with Crippen molar-refractivity contribution in [2.24, 2.45) is 0 Å². The molecule has 0 amide bonds. The SMILES string of the molecule is C#C.Cc1ccc(C(=O)O)cc1.Cc1ccc(C2=CCC(C)(C)c3ccc(C)cc32)cc1. The predicted molar refractivity (Wildman–Crippen MR) is 135 cm³/mol. The first-order valence-corrected chi connectivity index (χ1v) is 10.7. The first kappa shape index (κ1) is 24.7. The summed E-state index contributed by atoms with van der Waals surface area (Å²) in [5, 5.41) is 8.48. The van der Waals surface area contributed by atoms with Crippen LogP contribution in [0.1, 0.15) is 64.0 Å². The van der Waals surface area contributed by atoms with Crippen LogP contribution < -0.4 is 0 Å². The number of carboxylic acid groups (broad SMARTS) is 1. The molecule has 1 aliphatic rings. The first-order chi connectivity index (χ1) is 15.2. The average molecular weight is 425 g/mol. The third-order valence-corrected chi connectivity index (χ3v) is 5.67. The highest BCUT2D eigenvalue weighted by Gasteiger charge is 2.28. The molecule has 2 nitrogen and oxygen atoms in total. The quantitative estimate of drug-likeness (QED) is 0.436. The molecule has 0 fully saturated rings. The molecule has 32 heavy (non-hydrogen) atoms. The molecule has 0 saturated carbocycles. The number of aryl methyl sites for hydroxylation is 3. The number of rotatable bonds is 2. The number of carbonyl (C=O) groups is 1. The fourth-order valence-corrected chi connectivity index (χ4v) is 3.75. The van der Waals surface area contributed by atoms with Crippen molar-refractivity contribution in [3.05, 3.63) is 112 Å². The lowest BCUT2D eigenvalue weighted by molar-refractivity contribution is 0.0697. The molecule has 1 aliphatic carbocycles. The van der Waals surface area contributed by atoms with Gasteiger partial charge >= 0.3 is 5.97 Å². The van der Waals surface area contributed by atoms with E-state index in [0.29, 0.717) is 5.56 Å². The lowest BCUT2D eigenvalue weighted by atomic mass is 9.72. The fraction of sp³-hybridized carbons (Fsp3) is 0.233. The minimum atomic E-state index is -0.875. The van der Waals surface area contributed by atoms with Gasteiger partial charge in [0.25, 0.3) is 0 Å². The Morgan fingerprint density at radius 1 is 0.812 bits per heavy atom. The highest BCUT2D eigenvalue weighted by Crippen LogP contribution is 2.41. The van der Waals surface area contributed by atoms with Crippen molar-refractivity contribution in [3.8, 4) is 12.8 Å². The van der Waals surface area contributed by atoms with Gasteiger partial charge in [-0.25, -0.2) is 4.79 Å². The van der Waals surface area contributed by atoms with E-state index in [0.717, 1.165) is 12.0 Å².